The number of halogens is 7. The molecule has 0 spiro atoms. The molecule has 0 saturated heterocycles. The summed E-state index contributed by atoms with van der Waals surface area (Å²) in [5, 5.41) is 0. The summed E-state index contributed by atoms with van der Waals surface area (Å²) in [5.41, 5.74) is -2.42. The Kier molecular flexibility index (Phi) is 3.13. The molecule has 0 heterocycles. The SMILES string of the molecule is C=CC(=C(F)C(F)(F)F)C(F)(F)F. The van der Waals surface area contributed by atoms with Crippen LogP contribution >= 0.6 is 0 Å². The molecule has 0 radical (unpaired) electrons. The average Bonchev–Trinajstić information content (AvgIpc) is 1.83. The summed E-state index contributed by atoms with van der Waals surface area (Å²) in [7, 11) is 0. The van der Waals surface area contributed by atoms with E-state index in [9.17, 15) is 30.7 Å². The Hall–Kier alpha value is -1.01. The second-order valence-electron chi connectivity index (χ2n) is 1.93. The van der Waals surface area contributed by atoms with Gasteiger partial charge in [0.2, 0.25) is 5.83 Å². The van der Waals surface area contributed by atoms with Crippen LogP contribution in [0.25, 0.3) is 0 Å². The van der Waals surface area contributed by atoms with Gasteiger partial charge in [0.05, 0.1) is 5.57 Å². The first kappa shape index (κ1) is 12.0. The first-order valence-corrected chi connectivity index (χ1v) is 2.77. The molecule has 0 nitrogen and oxygen atoms in total. The Labute approximate surface area is 68.3 Å². The molecule has 0 unspecified atom stereocenters. The molecule has 0 aliphatic heterocycles. The van der Waals surface area contributed by atoms with Gasteiger partial charge in [-0.25, -0.2) is 4.39 Å². The van der Waals surface area contributed by atoms with E-state index in [-0.39, 0.29) is 6.08 Å². The van der Waals surface area contributed by atoms with Gasteiger partial charge in [0, 0.05) is 0 Å². The zero-order valence-electron chi connectivity index (χ0n) is 5.93. The summed E-state index contributed by atoms with van der Waals surface area (Å²) < 4.78 is 81.2. The van der Waals surface area contributed by atoms with Gasteiger partial charge in [-0.15, -0.1) is 0 Å². The number of allylic oxidation sites excluding steroid dienone is 3. The Morgan fingerprint density at radius 3 is 1.38 bits per heavy atom. The van der Waals surface area contributed by atoms with Crippen molar-refractivity contribution in [3.05, 3.63) is 24.1 Å². The molecule has 7 heteroatoms. The molecular formula is C6H3F7. The maximum absolute atomic E-state index is 12.0. The molecule has 0 aromatic carbocycles. The third-order valence-electron chi connectivity index (χ3n) is 0.995. The predicted octanol–water partition coefficient (Wildman–Crippen LogP) is 3.52. The van der Waals surface area contributed by atoms with E-state index in [1.807, 2.05) is 0 Å². The van der Waals surface area contributed by atoms with Crippen molar-refractivity contribution in [3.8, 4) is 0 Å². The smallest absolute Gasteiger partial charge is 0.201 e. The van der Waals surface area contributed by atoms with Crippen LogP contribution in [-0.2, 0) is 0 Å². The summed E-state index contributed by atoms with van der Waals surface area (Å²) in [6.07, 6.45) is -11.2. The molecule has 0 saturated carbocycles. The third-order valence-corrected chi connectivity index (χ3v) is 0.995. The summed E-state index contributed by atoms with van der Waals surface area (Å²) in [6, 6.07) is 0. The Morgan fingerprint density at radius 1 is 0.923 bits per heavy atom. The van der Waals surface area contributed by atoms with Gasteiger partial charge in [0.15, 0.2) is 0 Å². The van der Waals surface area contributed by atoms with Crippen molar-refractivity contribution in [2.75, 3.05) is 0 Å². The standard InChI is InChI=1S/C6H3F7/c1-2-3(5(8,9)10)4(7)6(11,12)13/h2H,1H2. The second-order valence-corrected chi connectivity index (χ2v) is 1.93. The van der Waals surface area contributed by atoms with E-state index in [0.717, 1.165) is 0 Å². The van der Waals surface area contributed by atoms with E-state index in [4.69, 9.17) is 0 Å². The lowest BCUT2D eigenvalue weighted by atomic mass is 10.2. The minimum atomic E-state index is -5.64. The lowest BCUT2D eigenvalue weighted by molar-refractivity contribution is -0.126. The molecular weight excluding hydrogens is 205 g/mol. The minimum Gasteiger partial charge on any atom is -0.201 e. The van der Waals surface area contributed by atoms with Gasteiger partial charge in [-0.1, -0.05) is 12.7 Å². The van der Waals surface area contributed by atoms with E-state index in [0.29, 0.717) is 0 Å². The van der Waals surface area contributed by atoms with E-state index >= 15 is 0 Å². The fourth-order valence-electron chi connectivity index (χ4n) is 0.482. The number of rotatable bonds is 1. The van der Waals surface area contributed by atoms with Gasteiger partial charge >= 0.3 is 12.4 Å². The summed E-state index contributed by atoms with van der Waals surface area (Å²) in [4.78, 5) is 0. The van der Waals surface area contributed by atoms with Crippen molar-refractivity contribution in [1.29, 1.82) is 0 Å². The molecule has 0 aromatic rings. The molecule has 0 bridgehead atoms. The van der Waals surface area contributed by atoms with Crippen molar-refractivity contribution in [2.45, 2.75) is 12.4 Å². The minimum absolute atomic E-state index is 0.219. The summed E-state index contributed by atoms with van der Waals surface area (Å²) in [5.74, 6) is -3.19. The highest BCUT2D eigenvalue weighted by Crippen LogP contribution is 2.37. The van der Waals surface area contributed by atoms with Crippen LogP contribution in [0.5, 0.6) is 0 Å². The van der Waals surface area contributed by atoms with E-state index in [2.05, 4.69) is 6.58 Å². The third kappa shape index (κ3) is 3.08. The average molecular weight is 208 g/mol. The lowest BCUT2D eigenvalue weighted by Crippen LogP contribution is -2.18. The maximum Gasteiger partial charge on any atom is 0.443 e. The molecule has 0 N–H and O–H groups in total. The highest BCUT2D eigenvalue weighted by Gasteiger charge is 2.45. The van der Waals surface area contributed by atoms with Crippen molar-refractivity contribution >= 4 is 0 Å². The molecule has 13 heavy (non-hydrogen) atoms. The molecule has 0 fully saturated rings. The molecule has 0 aliphatic carbocycles. The Morgan fingerprint density at radius 2 is 1.31 bits per heavy atom. The van der Waals surface area contributed by atoms with Gasteiger partial charge in [-0.05, 0) is 0 Å². The Balaban J connectivity index is 5.28. The zero-order chi connectivity index (χ0) is 10.9. The van der Waals surface area contributed by atoms with Gasteiger partial charge in [-0.2, -0.15) is 26.3 Å². The summed E-state index contributed by atoms with van der Waals surface area (Å²) >= 11 is 0. The van der Waals surface area contributed by atoms with Gasteiger partial charge in [-0.3, -0.25) is 0 Å². The van der Waals surface area contributed by atoms with Crippen molar-refractivity contribution in [2.24, 2.45) is 0 Å². The van der Waals surface area contributed by atoms with Crippen molar-refractivity contribution < 1.29 is 30.7 Å². The first-order chi connectivity index (χ1) is 5.60. The molecule has 0 amide bonds. The fraction of sp³-hybridized carbons (Fsp3) is 0.333. The van der Waals surface area contributed by atoms with Crippen LogP contribution in [0, 0.1) is 0 Å². The maximum atomic E-state index is 12.0. The fourth-order valence-corrected chi connectivity index (χ4v) is 0.482. The van der Waals surface area contributed by atoms with E-state index in [1.54, 1.807) is 0 Å². The lowest BCUT2D eigenvalue weighted by Gasteiger charge is -2.10. The predicted molar refractivity (Wildman–Crippen MR) is 30.4 cm³/mol. The van der Waals surface area contributed by atoms with Gasteiger partial charge in [0.25, 0.3) is 0 Å². The number of hydrogen-bond donors (Lipinski definition) is 0. The van der Waals surface area contributed by atoms with Crippen LogP contribution in [0.2, 0.25) is 0 Å². The topological polar surface area (TPSA) is 0 Å². The van der Waals surface area contributed by atoms with Crippen molar-refractivity contribution in [1.82, 2.24) is 0 Å². The van der Waals surface area contributed by atoms with Crippen LogP contribution in [0.3, 0.4) is 0 Å². The van der Waals surface area contributed by atoms with Crippen LogP contribution in [0.4, 0.5) is 30.7 Å². The highest BCUT2D eigenvalue weighted by molar-refractivity contribution is 5.27. The van der Waals surface area contributed by atoms with Gasteiger partial charge in [0.1, 0.15) is 0 Å². The highest BCUT2D eigenvalue weighted by atomic mass is 19.4. The zero-order valence-corrected chi connectivity index (χ0v) is 5.93. The van der Waals surface area contributed by atoms with Crippen LogP contribution in [0.15, 0.2) is 24.1 Å². The van der Waals surface area contributed by atoms with Crippen LogP contribution < -0.4 is 0 Å². The van der Waals surface area contributed by atoms with Gasteiger partial charge < -0.3 is 0 Å². The molecule has 0 atom stereocenters. The number of hydrogen-bond acceptors (Lipinski definition) is 0. The molecule has 76 valence electrons. The quantitative estimate of drug-likeness (QED) is 0.456. The normalized spacial score (nSPS) is 15.3. The van der Waals surface area contributed by atoms with E-state index in [1.165, 1.54) is 0 Å². The molecule has 0 aromatic heterocycles. The Bertz CT molecular complexity index is 228. The second kappa shape index (κ2) is 3.39. The van der Waals surface area contributed by atoms with Crippen molar-refractivity contribution in [3.63, 3.8) is 0 Å². The molecule has 0 rings (SSSR count). The number of alkyl halides is 6. The van der Waals surface area contributed by atoms with Crippen LogP contribution in [-0.4, -0.2) is 12.4 Å². The monoisotopic (exact) mass is 208 g/mol. The first-order valence-electron chi connectivity index (χ1n) is 2.77. The molecule has 0 aliphatic rings. The van der Waals surface area contributed by atoms with Crippen LogP contribution in [0.1, 0.15) is 0 Å². The van der Waals surface area contributed by atoms with E-state index < -0.39 is 23.8 Å². The summed E-state index contributed by atoms with van der Waals surface area (Å²) in [6.45, 7) is 2.44. The largest absolute Gasteiger partial charge is 0.443 e.